The van der Waals surface area contributed by atoms with E-state index in [2.05, 4.69) is 5.16 Å². The predicted octanol–water partition coefficient (Wildman–Crippen LogP) is 2.77. The fourth-order valence-electron chi connectivity index (χ4n) is 1.43. The van der Waals surface area contributed by atoms with Crippen molar-refractivity contribution in [1.29, 1.82) is 0 Å². The molecule has 1 aromatic carbocycles. The van der Waals surface area contributed by atoms with Crippen molar-refractivity contribution < 1.29 is 9.32 Å². The van der Waals surface area contributed by atoms with Crippen molar-refractivity contribution >= 4 is 6.29 Å². The van der Waals surface area contributed by atoms with Crippen LogP contribution in [0.4, 0.5) is 0 Å². The Morgan fingerprint density at radius 2 is 1.87 bits per heavy atom. The van der Waals surface area contributed by atoms with Crippen LogP contribution >= 0.6 is 0 Å². The molecule has 0 unspecified atom stereocenters. The Morgan fingerprint density at radius 1 is 1.20 bits per heavy atom. The van der Waals surface area contributed by atoms with Crippen molar-refractivity contribution in [3.05, 3.63) is 41.1 Å². The Hall–Kier alpha value is -1.90. The minimum Gasteiger partial charge on any atom is -0.355 e. The van der Waals surface area contributed by atoms with E-state index >= 15 is 0 Å². The molecule has 0 aliphatic heterocycles. The second kappa shape index (κ2) is 3.69. The van der Waals surface area contributed by atoms with E-state index in [0.717, 1.165) is 11.8 Å². The van der Waals surface area contributed by atoms with Crippen molar-refractivity contribution in [2.24, 2.45) is 0 Å². The first-order valence-corrected chi connectivity index (χ1v) is 4.71. The third-order valence-electron chi connectivity index (χ3n) is 2.34. The molecular weight excluding hydrogens is 190 g/mol. The van der Waals surface area contributed by atoms with Crippen LogP contribution in [0.3, 0.4) is 0 Å². The lowest BCUT2D eigenvalue weighted by Crippen LogP contribution is -1.84. The third kappa shape index (κ3) is 1.68. The largest absolute Gasteiger partial charge is 0.355 e. The van der Waals surface area contributed by atoms with E-state index in [1.807, 2.05) is 31.2 Å². The van der Waals surface area contributed by atoms with E-state index in [9.17, 15) is 4.79 Å². The van der Waals surface area contributed by atoms with E-state index in [1.165, 1.54) is 5.56 Å². The van der Waals surface area contributed by atoms with Crippen LogP contribution in [0.15, 0.2) is 28.8 Å². The highest BCUT2D eigenvalue weighted by Gasteiger charge is 2.13. The van der Waals surface area contributed by atoms with Crippen molar-refractivity contribution in [2.45, 2.75) is 13.8 Å². The van der Waals surface area contributed by atoms with Gasteiger partial charge in [-0.25, -0.2) is 0 Å². The zero-order valence-electron chi connectivity index (χ0n) is 8.65. The van der Waals surface area contributed by atoms with Gasteiger partial charge in [-0.3, -0.25) is 4.79 Å². The Kier molecular flexibility index (Phi) is 2.37. The van der Waals surface area contributed by atoms with Crippen LogP contribution in [-0.2, 0) is 0 Å². The van der Waals surface area contributed by atoms with E-state index in [1.54, 1.807) is 6.92 Å². The maximum Gasteiger partial charge on any atom is 0.177 e. The number of aldehydes is 1. The van der Waals surface area contributed by atoms with Crippen LogP contribution < -0.4 is 0 Å². The second-order valence-electron chi connectivity index (χ2n) is 3.49. The van der Waals surface area contributed by atoms with Crippen molar-refractivity contribution in [2.75, 3.05) is 0 Å². The first kappa shape index (κ1) is 9.65. The summed E-state index contributed by atoms with van der Waals surface area (Å²) < 4.78 is 5.13. The number of carbonyl (C=O) groups excluding carboxylic acids is 1. The molecule has 0 spiro atoms. The number of rotatable bonds is 2. The molecular formula is C12H11NO2. The van der Waals surface area contributed by atoms with E-state index in [0.29, 0.717) is 17.0 Å². The Labute approximate surface area is 87.7 Å². The monoisotopic (exact) mass is 201 g/mol. The lowest BCUT2D eigenvalue weighted by Gasteiger charge is -1.97. The summed E-state index contributed by atoms with van der Waals surface area (Å²) in [5.41, 5.74) is 3.20. The van der Waals surface area contributed by atoms with Crippen molar-refractivity contribution in [3.8, 4) is 11.3 Å². The molecule has 0 N–H and O–H groups in total. The van der Waals surface area contributed by atoms with Crippen molar-refractivity contribution in [1.82, 2.24) is 5.16 Å². The fraction of sp³-hybridized carbons (Fsp3) is 0.167. The highest BCUT2D eigenvalue weighted by molar-refractivity contribution is 5.86. The van der Waals surface area contributed by atoms with E-state index < -0.39 is 0 Å². The summed E-state index contributed by atoms with van der Waals surface area (Å²) in [4.78, 5) is 10.8. The second-order valence-corrected chi connectivity index (χ2v) is 3.49. The third-order valence-corrected chi connectivity index (χ3v) is 2.34. The Balaban J connectivity index is 2.53. The van der Waals surface area contributed by atoms with Crippen LogP contribution in [0.5, 0.6) is 0 Å². The number of nitrogens with zero attached hydrogens (tertiary/aromatic N) is 1. The molecule has 0 radical (unpaired) electrons. The summed E-state index contributed by atoms with van der Waals surface area (Å²) in [6.07, 6.45) is 0.779. The van der Waals surface area contributed by atoms with Gasteiger partial charge in [-0.2, -0.15) is 0 Å². The van der Waals surface area contributed by atoms with Gasteiger partial charge in [0.2, 0.25) is 0 Å². The summed E-state index contributed by atoms with van der Waals surface area (Å²) in [5.74, 6) is 0.544. The van der Waals surface area contributed by atoms with Crippen molar-refractivity contribution in [3.63, 3.8) is 0 Å². The van der Waals surface area contributed by atoms with Gasteiger partial charge in [0.25, 0.3) is 0 Å². The highest BCUT2D eigenvalue weighted by atomic mass is 16.5. The summed E-state index contributed by atoms with van der Waals surface area (Å²) in [7, 11) is 0. The molecule has 1 aromatic heterocycles. The molecule has 2 rings (SSSR count). The van der Waals surface area contributed by atoms with Gasteiger partial charge in [0.15, 0.2) is 12.0 Å². The molecule has 0 bridgehead atoms. The first-order valence-electron chi connectivity index (χ1n) is 4.71. The molecule has 0 fully saturated rings. The molecule has 0 aliphatic carbocycles. The number of carbonyl (C=O) groups is 1. The molecule has 15 heavy (non-hydrogen) atoms. The maximum absolute atomic E-state index is 10.8. The van der Waals surface area contributed by atoms with Gasteiger partial charge in [0, 0.05) is 5.56 Å². The average molecular weight is 201 g/mol. The summed E-state index contributed by atoms with van der Waals surface area (Å²) in [6.45, 7) is 3.76. The van der Waals surface area contributed by atoms with Crippen LogP contribution in [0, 0.1) is 13.8 Å². The molecule has 3 heteroatoms. The van der Waals surface area contributed by atoms with Crippen LogP contribution in [-0.4, -0.2) is 11.4 Å². The summed E-state index contributed by atoms with van der Waals surface area (Å²) in [5, 5.41) is 3.78. The lowest BCUT2D eigenvalue weighted by atomic mass is 10.1. The number of aryl methyl sites for hydroxylation is 2. The minimum absolute atomic E-state index is 0.527. The van der Waals surface area contributed by atoms with Gasteiger partial charge in [0.05, 0.1) is 11.3 Å². The smallest absolute Gasteiger partial charge is 0.177 e. The number of benzene rings is 1. The lowest BCUT2D eigenvalue weighted by molar-refractivity contribution is 0.112. The maximum atomic E-state index is 10.8. The number of hydrogen-bond acceptors (Lipinski definition) is 3. The van der Waals surface area contributed by atoms with Gasteiger partial charge in [-0.15, -0.1) is 0 Å². The first-order chi connectivity index (χ1) is 7.22. The van der Waals surface area contributed by atoms with Gasteiger partial charge in [-0.1, -0.05) is 35.0 Å². The summed E-state index contributed by atoms with van der Waals surface area (Å²) in [6, 6.07) is 7.79. The van der Waals surface area contributed by atoms with Crippen LogP contribution in [0.25, 0.3) is 11.3 Å². The SMILES string of the molecule is Cc1ccc(-c2onc(C)c2C=O)cc1. The van der Waals surface area contributed by atoms with Crippen LogP contribution in [0.2, 0.25) is 0 Å². The molecule has 76 valence electrons. The Morgan fingerprint density at radius 3 is 2.47 bits per heavy atom. The fourth-order valence-corrected chi connectivity index (χ4v) is 1.43. The zero-order chi connectivity index (χ0) is 10.8. The number of hydrogen-bond donors (Lipinski definition) is 0. The minimum atomic E-state index is 0.527. The molecule has 0 saturated heterocycles. The molecule has 0 amide bonds. The molecule has 1 heterocycles. The van der Waals surface area contributed by atoms with Crippen LogP contribution in [0.1, 0.15) is 21.6 Å². The van der Waals surface area contributed by atoms with Gasteiger partial charge < -0.3 is 4.52 Å². The predicted molar refractivity (Wildman–Crippen MR) is 56.8 cm³/mol. The molecule has 2 aromatic rings. The average Bonchev–Trinajstić information content (AvgIpc) is 2.61. The quantitative estimate of drug-likeness (QED) is 0.701. The molecule has 3 nitrogen and oxygen atoms in total. The Bertz CT molecular complexity index is 483. The van der Waals surface area contributed by atoms with Gasteiger partial charge >= 0.3 is 0 Å². The van der Waals surface area contributed by atoms with E-state index in [4.69, 9.17) is 4.52 Å². The molecule has 0 saturated carbocycles. The summed E-state index contributed by atoms with van der Waals surface area (Å²) >= 11 is 0. The standard InChI is InChI=1S/C12H11NO2/c1-8-3-5-10(6-4-8)12-11(7-14)9(2)13-15-12/h3-7H,1-2H3. The topological polar surface area (TPSA) is 43.1 Å². The zero-order valence-corrected chi connectivity index (χ0v) is 8.65. The normalized spacial score (nSPS) is 10.3. The van der Waals surface area contributed by atoms with Gasteiger partial charge in [0.1, 0.15) is 0 Å². The van der Waals surface area contributed by atoms with E-state index in [-0.39, 0.29) is 0 Å². The molecule has 0 atom stereocenters. The number of aromatic nitrogens is 1. The highest BCUT2D eigenvalue weighted by Crippen LogP contribution is 2.24. The molecule has 0 aliphatic rings. The van der Waals surface area contributed by atoms with Gasteiger partial charge in [-0.05, 0) is 13.8 Å².